The van der Waals surface area contributed by atoms with Gasteiger partial charge in [-0.15, -0.1) is 0 Å². The van der Waals surface area contributed by atoms with Gasteiger partial charge in [-0.25, -0.2) is 0 Å². The van der Waals surface area contributed by atoms with Gasteiger partial charge in [0.1, 0.15) is 0 Å². The van der Waals surface area contributed by atoms with Crippen LogP contribution in [0.25, 0.3) is 0 Å². The number of hydrogen-bond donors (Lipinski definition) is 0. The minimum atomic E-state index is 0.918. The van der Waals surface area contributed by atoms with E-state index in [1.165, 1.54) is 0 Å². The number of hydrogen-bond acceptors (Lipinski definition) is 6. The Hall–Kier alpha value is -5.62. The molecule has 0 heterocycles. The van der Waals surface area contributed by atoms with Crippen molar-refractivity contribution in [3.05, 3.63) is 121 Å². The highest BCUT2D eigenvalue weighted by molar-refractivity contribution is 5.82. The van der Waals surface area contributed by atoms with E-state index in [0.29, 0.717) is 0 Å². The van der Waals surface area contributed by atoms with E-state index < -0.39 is 0 Å². The zero-order valence-corrected chi connectivity index (χ0v) is 25.5. The Balaban J connectivity index is 1.56. The molecule has 0 radical (unpaired) electrons. The van der Waals surface area contributed by atoms with Crippen molar-refractivity contribution in [2.75, 3.05) is 9.80 Å². The van der Waals surface area contributed by atoms with Crippen molar-refractivity contribution < 1.29 is 0 Å². The van der Waals surface area contributed by atoms with E-state index in [2.05, 4.69) is 103 Å². The molecular weight excluding hydrogens is 540 g/mol. The molecule has 0 spiro atoms. The van der Waals surface area contributed by atoms with Gasteiger partial charge in [0.25, 0.3) is 0 Å². The molecule has 0 bridgehead atoms. The third-order valence-electron chi connectivity index (χ3n) is 6.91. The SMILES string of the molecule is CC=Nc1ccc(N(c2ccc(N=CC)cc2)c2ccc(N(c3ccc(N=CC)cc3)c3ccc(N=CC)cc3)cc2)cc1. The van der Waals surface area contributed by atoms with Crippen molar-refractivity contribution >= 4 is 81.7 Å². The zero-order valence-electron chi connectivity index (χ0n) is 25.5. The van der Waals surface area contributed by atoms with E-state index in [9.17, 15) is 0 Å². The van der Waals surface area contributed by atoms with Crippen molar-refractivity contribution in [2.45, 2.75) is 27.7 Å². The lowest BCUT2D eigenvalue weighted by Crippen LogP contribution is -2.12. The second kappa shape index (κ2) is 14.5. The molecule has 0 N–H and O–H groups in total. The predicted molar refractivity (Wildman–Crippen MR) is 191 cm³/mol. The fraction of sp³-hybridized carbons (Fsp3) is 0.105. The van der Waals surface area contributed by atoms with Crippen LogP contribution in [0.5, 0.6) is 0 Å². The van der Waals surface area contributed by atoms with Gasteiger partial charge >= 0.3 is 0 Å². The highest BCUT2D eigenvalue weighted by Gasteiger charge is 2.16. The van der Waals surface area contributed by atoms with Gasteiger partial charge in [-0.3, -0.25) is 20.0 Å². The molecule has 0 saturated heterocycles. The first-order valence-electron chi connectivity index (χ1n) is 14.7. The molecule has 0 aliphatic heterocycles. The topological polar surface area (TPSA) is 55.9 Å². The molecular formula is C38H36N6. The maximum atomic E-state index is 4.42. The Kier molecular flexibility index (Phi) is 9.85. The largest absolute Gasteiger partial charge is 0.310 e. The van der Waals surface area contributed by atoms with Crippen LogP contribution in [0.4, 0.5) is 56.9 Å². The van der Waals surface area contributed by atoms with Gasteiger partial charge in [0, 0.05) is 59.0 Å². The van der Waals surface area contributed by atoms with E-state index >= 15 is 0 Å². The van der Waals surface area contributed by atoms with Gasteiger partial charge in [-0.1, -0.05) is 0 Å². The van der Waals surface area contributed by atoms with Crippen LogP contribution in [0.15, 0.2) is 141 Å². The molecule has 0 unspecified atom stereocenters. The lowest BCUT2D eigenvalue weighted by Gasteiger charge is -2.28. The molecule has 6 heteroatoms. The highest BCUT2D eigenvalue weighted by Crippen LogP contribution is 2.40. The van der Waals surface area contributed by atoms with Crippen LogP contribution in [0, 0.1) is 0 Å². The molecule has 0 fully saturated rings. The van der Waals surface area contributed by atoms with Crippen LogP contribution in [0.2, 0.25) is 0 Å². The monoisotopic (exact) mass is 576 g/mol. The van der Waals surface area contributed by atoms with Crippen molar-refractivity contribution in [1.29, 1.82) is 0 Å². The second-order valence-corrected chi connectivity index (χ2v) is 9.80. The first-order valence-corrected chi connectivity index (χ1v) is 14.7. The van der Waals surface area contributed by atoms with E-state index in [0.717, 1.165) is 56.9 Å². The summed E-state index contributed by atoms with van der Waals surface area (Å²) < 4.78 is 0. The van der Waals surface area contributed by atoms with Gasteiger partial charge in [-0.05, 0) is 149 Å². The summed E-state index contributed by atoms with van der Waals surface area (Å²) in [4.78, 5) is 22.2. The molecule has 0 atom stereocenters. The first-order chi connectivity index (χ1) is 21.6. The number of aliphatic imine (C=N–C) groups is 4. The van der Waals surface area contributed by atoms with E-state index in [4.69, 9.17) is 0 Å². The van der Waals surface area contributed by atoms with Gasteiger partial charge in [0.2, 0.25) is 0 Å². The fourth-order valence-electron chi connectivity index (χ4n) is 4.99. The van der Waals surface area contributed by atoms with Crippen LogP contribution in [0.1, 0.15) is 27.7 Å². The molecule has 0 aromatic heterocycles. The third kappa shape index (κ3) is 7.05. The number of rotatable bonds is 10. The standard InChI is InChI=1S/C38H36N6/c1-5-39-29-9-17-33(18-10-29)43(34-19-11-30(12-20-34)40-6-2)37-25-27-38(28-26-37)44(35-21-13-31(14-22-35)41-7-3)36-23-15-32(16-24-36)42-8-4/h5-28H,1-4H3. The van der Waals surface area contributed by atoms with Gasteiger partial charge in [0.05, 0.1) is 22.7 Å². The smallest absolute Gasteiger partial charge is 0.0627 e. The Morgan fingerprint density at radius 3 is 0.614 bits per heavy atom. The Morgan fingerprint density at radius 1 is 0.295 bits per heavy atom. The summed E-state index contributed by atoms with van der Waals surface area (Å²) in [6.07, 6.45) is 7.22. The number of anilines is 6. The molecule has 218 valence electrons. The number of benzene rings is 5. The van der Waals surface area contributed by atoms with Crippen molar-refractivity contribution in [2.24, 2.45) is 20.0 Å². The average molecular weight is 577 g/mol. The minimum absolute atomic E-state index is 0.918. The van der Waals surface area contributed by atoms with Crippen LogP contribution in [-0.2, 0) is 0 Å². The summed E-state index contributed by atoms with van der Waals surface area (Å²) in [7, 11) is 0. The second-order valence-electron chi connectivity index (χ2n) is 9.80. The molecule has 5 rings (SSSR count). The molecule has 5 aromatic rings. The van der Waals surface area contributed by atoms with Gasteiger partial charge in [-0.2, -0.15) is 0 Å². The first kappa shape index (κ1) is 29.9. The summed E-state index contributed by atoms with van der Waals surface area (Å²) in [6.45, 7) is 7.69. The Morgan fingerprint density at radius 2 is 0.455 bits per heavy atom. The molecule has 44 heavy (non-hydrogen) atoms. The van der Waals surface area contributed by atoms with Gasteiger partial charge in [0.15, 0.2) is 0 Å². The lowest BCUT2D eigenvalue weighted by molar-refractivity contribution is 1.25. The quantitative estimate of drug-likeness (QED) is 0.155. The molecule has 0 amide bonds. The summed E-state index contributed by atoms with van der Waals surface area (Å²) in [5.74, 6) is 0. The summed E-state index contributed by atoms with van der Waals surface area (Å²) in [5, 5.41) is 0. The summed E-state index contributed by atoms with van der Waals surface area (Å²) in [5.41, 5.74) is 9.89. The fourth-order valence-corrected chi connectivity index (χ4v) is 4.99. The molecule has 0 saturated carbocycles. The zero-order chi connectivity index (χ0) is 30.7. The van der Waals surface area contributed by atoms with E-state index in [1.54, 1.807) is 24.9 Å². The van der Waals surface area contributed by atoms with E-state index in [1.807, 2.05) is 76.2 Å². The molecule has 5 aromatic carbocycles. The molecule has 6 nitrogen and oxygen atoms in total. The third-order valence-corrected chi connectivity index (χ3v) is 6.91. The van der Waals surface area contributed by atoms with Crippen molar-refractivity contribution in [1.82, 2.24) is 0 Å². The Labute approximate surface area is 260 Å². The molecule has 0 aliphatic carbocycles. The predicted octanol–water partition coefficient (Wildman–Crippen LogP) is 11.5. The van der Waals surface area contributed by atoms with Crippen LogP contribution < -0.4 is 9.80 Å². The minimum Gasteiger partial charge on any atom is -0.310 e. The highest BCUT2D eigenvalue weighted by atomic mass is 15.2. The summed E-state index contributed by atoms with van der Waals surface area (Å²) in [6, 6.07) is 41.7. The summed E-state index contributed by atoms with van der Waals surface area (Å²) >= 11 is 0. The van der Waals surface area contributed by atoms with Crippen LogP contribution in [-0.4, -0.2) is 24.9 Å². The lowest BCUT2D eigenvalue weighted by atomic mass is 10.1. The number of nitrogens with zero attached hydrogens (tertiary/aromatic N) is 6. The maximum Gasteiger partial charge on any atom is 0.0627 e. The van der Waals surface area contributed by atoms with Gasteiger partial charge < -0.3 is 9.80 Å². The van der Waals surface area contributed by atoms with Crippen molar-refractivity contribution in [3.8, 4) is 0 Å². The average Bonchev–Trinajstić information content (AvgIpc) is 3.06. The van der Waals surface area contributed by atoms with Crippen LogP contribution >= 0.6 is 0 Å². The van der Waals surface area contributed by atoms with Crippen LogP contribution in [0.3, 0.4) is 0 Å². The molecule has 0 aliphatic rings. The van der Waals surface area contributed by atoms with Crippen molar-refractivity contribution in [3.63, 3.8) is 0 Å². The Bertz CT molecular complexity index is 1500. The normalized spacial score (nSPS) is 11.7. The maximum absolute atomic E-state index is 4.42. The van der Waals surface area contributed by atoms with E-state index in [-0.39, 0.29) is 0 Å².